The Labute approximate surface area is 113 Å². The minimum absolute atomic E-state index is 0.322. The van der Waals surface area contributed by atoms with Crippen LogP contribution in [0.25, 0.3) is 0 Å². The van der Waals surface area contributed by atoms with Crippen molar-refractivity contribution >= 4 is 17.6 Å². The minimum Gasteiger partial charge on any atom is -0.370 e. The van der Waals surface area contributed by atoms with Crippen molar-refractivity contribution in [3.8, 4) is 0 Å². The van der Waals surface area contributed by atoms with Gasteiger partial charge < -0.3 is 21.7 Å². The normalized spacial score (nSPS) is 20.6. The fourth-order valence-electron chi connectivity index (χ4n) is 2.40. The lowest BCUT2D eigenvalue weighted by molar-refractivity contribution is 0.498. The molecule has 5 N–H and O–H groups in total. The highest BCUT2D eigenvalue weighted by atomic mass is 15.2. The monoisotopic (exact) mass is 262 g/mol. The van der Waals surface area contributed by atoms with E-state index in [1.807, 2.05) is 6.07 Å². The number of nitrogen functional groups attached to an aromatic ring is 1. The summed E-state index contributed by atoms with van der Waals surface area (Å²) in [4.78, 5) is 10.8. The molecular formula is C13H22N6. The minimum atomic E-state index is 0.322. The molecule has 0 radical (unpaired) electrons. The molecule has 19 heavy (non-hydrogen) atoms. The Balaban J connectivity index is 1.69. The van der Waals surface area contributed by atoms with Gasteiger partial charge in [0.1, 0.15) is 11.6 Å². The molecule has 1 saturated carbocycles. The molecule has 1 saturated heterocycles. The summed E-state index contributed by atoms with van der Waals surface area (Å²) in [5.74, 6) is 2.90. The molecule has 0 amide bonds. The van der Waals surface area contributed by atoms with Crippen molar-refractivity contribution in [1.29, 1.82) is 0 Å². The summed E-state index contributed by atoms with van der Waals surface area (Å²) in [6.45, 7) is 2.88. The van der Waals surface area contributed by atoms with E-state index in [4.69, 9.17) is 11.5 Å². The number of hydrogen-bond acceptors (Lipinski definition) is 6. The highest BCUT2D eigenvalue weighted by Gasteiger charge is 2.22. The van der Waals surface area contributed by atoms with Crippen molar-refractivity contribution in [2.24, 2.45) is 11.7 Å². The highest BCUT2D eigenvalue weighted by molar-refractivity contribution is 5.53. The summed E-state index contributed by atoms with van der Waals surface area (Å²) in [6.07, 6.45) is 4.67. The van der Waals surface area contributed by atoms with Crippen LogP contribution in [0.2, 0.25) is 0 Å². The van der Waals surface area contributed by atoms with E-state index < -0.39 is 0 Å². The second-order valence-electron chi connectivity index (χ2n) is 5.62. The third kappa shape index (κ3) is 3.26. The second-order valence-corrected chi connectivity index (χ2v) is 5.62. The van der Waals surface area contributed by atoms with Gasteiger partial charge in [-0.3, -0.25) is 0 Å². The van der Waals surface area contributed by atoms with E-state index in [1.165, 1.54) is 12.8 Å². The van der Waals surface area contributed by atoms with Crippen LogP contribution in [0.15, 0.2) is 6.07 Å². The molecule has 0 spiro atoms. The van der Waals surface area contributed by atoms with Crippen LogP contribution in [0.1, 0.15) is 25.7 Å². The Hall–Kier alpha value is -1.56. The zero-order chi connectivity index (χ0) is 13.2. The lowest BCUT2D eigenvalue weighted by Crippen LogP contribution is -2.40. The molecule has 1 aromatic heterocycles. The SMILES string of the molecule is Nc1nc(NCC2CC2)cc(N2CCC(N)CC2)n1. The van der Waals surface area contributed by atoms with Gasteiger partial charge in [0, 0.05) is 31.7 Å². The third-order valence-corrected chi connectivity index (χ3v) is 3.86. The van der Waals surface area contributed by atoms with E-state index in [-0.39, 0.29) is 0 Å². The van der Waals surface area contributed by atoms with Crippen molar-refractivity contribution in [2.75, 3.05) is 35.6 Å². The maximum absolute atomic E-state index is 5.93. The lowest BCUT2D eigenvalue weighted by Gasteiger charge is -2.31. The van der Waals surface area contributed by atoms with Crippen LogP contribution >= 0.6 is 0 Å². The number of piperidine rings is 1. The van der Waals surface area contributed by atoms with E-state index in [0.29, 0.717) is 12.0 Å². The number of nitrogens with zero attached hydrogens (tertiary/aromatic N) is 3. The maximum Gasteiger partial charge on any atom is 0.223 e. The molecule has 1 aliphatic carbocycles. The average molecular weight is 262 g/mol. The van der Waals surface area contributed by atoms with Crippen molar-refractivity contribution in [2.45, 2.75) is 31.7 Å². The largest absolute Gasteiger partial charge is 0.370 e. The number of anilines is 3. The maximum atomic E-state index is 5.93. The highest BCUT2D eigenvalue weighted by Crippen LogP contribution is 2.29. The predicted molar refractivity (Wildman–Crippen MR) is 77.1 cm³/mol. The first-order valence-electron chi connectivity index (χ1n) is 7.09. The number of aromatic nitrogens is 2. The predicted octanol–water partition coefficient (Wildman–Crippen LogP) is 0.808. The first-order chi connectivity index (χ1) is 9.20. The molecule has 0 bridgehead atoms. The van der Waals surface area contributed by atoms with Crippen molar-refractivity contribution in [3.05, 3.63) is 6.07 Å². The van der Waals surface area contributed by atoms with Crippen LogP contribution in [0.3, 0.4) is 0 Å². The van der Waals surface area contributed by atoms with Gasteiger partial charge in [-0.2, -0.15) is 9.97 Å². The van der Waals surface area contributed by atoms with E-state index in [2.05, 4.69) is 20.2 Å². The Morgan fingerprint density at radius 3 is 2.63 bits per heavy atom. The summed E-state index contributed by atoms with van der Waals surface area (Å²) in [7, 11) is 0. The van der Waals surface area contributed by atoms with Crippen molar-refractivity contribution in [1.82, 2.24) is 9.97 Å². The molecule has 2 heterocycles. The number of nitrogens with one attached hydrogen (secondary N) is 1. The molecule has 1 aliphatic heterocycles. The molecule has 104 valence electrons. The van der Waals surface area contributed by atoms with E-state index in [9.17, 15) is 0 Å². The van der Waals surface area contributed by atoms with Gasteiger partial charge in [0.15, 0.2) is 0 Å². The molecule has 6 heteroatoms. The summed E-state index contributed by atoms with van der Waals surface area (Å²) >= 11 is 0. The number of hydrogen-bond donors (Lipinski definition) is 3. The molecule has 0 unspecified atom stereocenters. The van der Waals surface area contributed by atoms with E-state index in [0.717, 1.165) is 50.0 Å². The molecule has 3 rings (SSSR count). The van der Waals surface area contributed by atoms with Gasteiger partial charge in [-0.1, -0.05) is 0 Å². The number of nitrogens with two attached hydrogens (primary N) is 2. The van der Waals surface area contributed by atoms with Crippen LogP contribution in [0, 0.1) is 5.92 Å². The first-order valence-corrected chi connectivity index (χ1v) is 7.09. The van der Waals surface area contributed by atoms with E-state index >= 15 is 0 Å². The molecule has 6 nitrogen and oxygen atoms in total. The van der Waals surface area contributed by atoms with Gasteiger partial charge in [0.25, 0.3) is 0 Å². The van der Waals surface area contributed by atoms with Gasteiger partial charge >= 0.3 is 0 Å². The smallest absolute Gasteiger partial charge is 0.223 e. The fraction of sp³-hybridized carbons (Fsp3) is 0.692. The molecule has 2 aliphatic rings. The quantitative estimate of drug-likeness (QED) is 0.743. The molecule has 0 aromatic carbocycles. The molecule has 0 atom stereocenters. The van der Waals surface area contributed by atoms with Gasteiger partial charge in [0.05, 0.1) is 0 Å². The summed E-state index contributed by atoms with van der Waals surface area (Å²) in [6, 6.07) is 2.32. The van der Waals surface area contributed by atoms with Gasteiger partial charge in [-0.05, 0) is 31.6 Å². The first kappa shape index (κ1) is 12.5. The molecular weight excluding hydrogens is 240 g/mol. The molecule has 1 aromatic rings. The summed E-state index contributed by atoms with van der Waals surface area (Å²) in [5.41, 5.74) is 11.7. The van der Waals surface area contributed by atoms with Crippen molar-refractivity contribution in [3.63, 3.8) is 0 Å². The zero-order valence-corrected chi connectivity index (χ0v) is 11.2. The van der Waals surface area contributed by atoms with Crippen LogP contribution in [-0.4, -0.2) is 35.6 Å². The zero-order valence-electron chi connectivity index (χ0n) is 11.2. The Bertz CT molecular complexity index is 437. The van der Waals surface area contributed by atoms with Crippen LogP contribution in [0.5, 0.6) is 0 Å². The Morgan fingerprint density at radius 1 is 1.21 bits per heavy atom. The average Bonchev–Trinajstić information content (AvgIpc) is 3.20. The van der Waals surface area contributed by atoms with Gasteiger partial charge in [-0.25, -0.2) is 0 Å². The Morgan fingerprint density at radius 2 is 1.95 bits per heavy atom. The summed E-state index contributed by atoms with van der Waals surface area (Å²) in [5, 5.41) is 3.35. The van der Waals surface area contributed by atoms with Crippen LogP contribution < -0.4 is 21.7 Å². The standard InChI is InChI=1S/C13H22N6/c14-10-3-5-19(6-4-10)12-7-11(17-13(15)18-12)16-8-9-1-2-9/h7,9-10H,1-6,8,14H2,(H3,15,16,17,18). The molecule has 2 fully saturated rings. The Kier molecular flexibility index (Phi) is 3.42. The fourth-order valence-corrected chi connectivity index (χ4v) is 2.40. The van der Waals surface area contributed by atoms with E-state index in [1.54, 1.807) is 0 Å². The number of rotatable bonds is 4. The van der Waals surface area contributed by atoms with Gasteiger partial charge in [0.2, 0.25) is 5.95 Å². The lowest BCUT2D eigenvalue weighted by atomic mass is 10.1. The summed E-state index contributed by atoms with van der Waals surface area (Å²) < 4.78 is 0. The topological polar surface area (TPSA) is 93.1 Å². The van der Waals surface area contributed by atoms with Crippen LogP contribution in [-0.2, 0) is 0 Å². The van der Waals surface area contributed by atoms with Crippen molar-refractivity contribution < 1.29 is 0 Å². The third-order valence-electron chi connectivity index (χ3n) is 3.86. The second kappa shape index (κ2) is 5.21. The van der Waals surface area contributed by atoms with Crippen LogP contribution in [0.4, 0.5) is 17.6 Å². The van der Waals surface area contributed by atoms with Gasteiger partial charge in [-0.15, -0.1) is 0 Å².